The Balaban J connectivity index is 1.79. The van der Waals surface area contributed by atoms with Crippen molar-refractivity contribution in [2.75, 3.05) is 13.2 Å². The summed E-state index contributed by atoms with van der Waals surface area (Å²) >= 11 is 6.32. The maximum Gasteiger partial charge on any atom is 0.356 e. The second-order valence-corrected chi connectivity index (χ2v) is 5.98. The summed E-state index contributed by atoms with van der Waals surface area (Å²) < 4.78 is 6.81. The molecule has 0 unspecified atom stereocenters. The van der Waals surface area contributed by atoms with Gasteiger partial charge >= 0.3 is 5.97 Å². The Kier molecular flexibility index (Phi) is 4.63. The van der Waals surface area contributed by atoms with Crippen molar-refractivity contribution >= 4 is 17.6 Å². The van der Waals surface area contributed by atoms with Crippen molar-refractivity contribution in [2.24, 2.45) is 7.05 Å². The molecule has 1 aliphatic rings. The molecular formula is C16H19ClN4O2. The molecule has 3 rings (SSSR count). The van der Waals surface area contributed by atoms with Crippen molar-refractivity contribution in [3.8, 4) is 0 Å². The molecule has 23 heavy (non-hydrogen) atoms. The molecule has 0 spiro atoms. The highest BCUT2D eigenvalue weighted by Gasteiger charge is 2.23. The standard InChI is InChI=1S/C16H19ClN4O2/c1-3-23-16(22)14-8-13(17)12-5-7-21(10-15(12)18-14)9-11-4-6-20(2)19-11/h4,6,8H,3,5,7,9-10H2,1-2H3. The summed E-state index contributed by atoms with van der Waals surface area (Å²) in [5.74, 6) is -0.431. The summed E-state index contributed by atoms with van der Waals surface area (Å²) in [7, 11) is 1.90. The third-order valence-electron chi connectivity index (χ3n) is 3.85. The third-order valence-corrected chi connectivity index (χ3v) is 4.18. The molecule has 0 bridgehead atoms. The predicted molar refractivity (Wildman–Crippen MR) is 86.2 cm³/mol. The van der Waals surface area contributed by atoms with Crippen LogP contribution in [0.5, 0.6) is 0 Å². The third kappa shape index (κ3) is 3.54. The fourth-order valence-electron chi connectivity index (χ4n) is 2.77. The van der Waals surface area contributed by atoms with Crippen molar-refractivity contribution in [3.05, 3.63) is 46.0 Å². The van der Waals surface area contributed by atoms with E-state index in [-0.39, 0.29) is 5.69 Å². The molecule has 0 atom stereocenters. The first-order valence-electron chi connectivity index (χ1n) is 7.63. The average Bonchev–Trinajstić information content (AvgIpc) is 2.92. The van der Waals surface area contributed by atoms with Crippen molar-refractivity contribution < 1.29 is 9.53 Å². The Hall–Kier alpha value is -1.92. The molecule has 122 valence electrons. The molecule has 1 aliphatic heterocycles. The minimum Gasteiger partial charge on any atom is -0.461 e. The molecule has 0 aliphatic carbocycles. The zero-order chi connectivity index (χ0) is 16.4. The molecule has 0 aromatic carbocycles. The van der Waals surface area contributed by atoms with E-state index in [2.05, 4.69) is 15.0 Å². The SMILES string of the molecule is CCOC(=O)c1cc(Cl)c2c(n1)CN(Cc1ccn(C)n1)CC2. The number of rotatable bonds is 4. The number of carbonyl (C=O) groups excluding carboxylic acids is 1. The Bertz CT molecular complexity index is 729. The van der Waals surface area contributed by atoms with Crippen molar-refractivity contribution in [1.82, 2.24) is 19.7 Å². The van der Waals surface area contributed by atoms with E-state index in [1.54, 1.807) is 17.7 Å². The van der Waals surface area contributed by atoms with E-state index in [1.807, 2.05) is 19.3 Å². The Labute approximate surface area is 140 Å². The molecule has 6 nitrogen and oxygen atoms in total. The van der Waals surface area contributed by atoms with E-state index >= 15 is 0 Å². The normalized spacial score (nSPS) is 14.6. The summed E-state index contributed by atoms with van der Waals surface area (Å²) in [6, 6.07) is 3.61. The number of aromatic nitrogens is 3. The molecule has 0 N–H and O–H groups in total. The van der Waals surface area contributed by atoms with Crippen LogP contribution in [0.4, 0.5) is 0 Å². The molecule has 7 heteroatoms. The summed E-state index contributed by atoms with van der Waals surface area (Å²) in [4.78, 5) is 18.6. The Morgan fingerprint density at radius 3 is 3.00 bits per heavy atom. The highest BCUT2D eigenvalue weighted by atomic mass is 35.5. The number of esters is 1. The van der Waals surface area contributed by atoms with Gasteiger partial charge in [0, 0.05) is 37.9 Å². The molecular weight excluding hydrogens is 316 g/mol. The highest BCUT2D eigenvalue weighted by Crippen LogP contribution is 2.26. The topological polar surface area (TPSA) is 60.2 Å². The van der Waals surface area contributed by atoms with Gasteiger partial charge in [-0.25, -0.2) is 9.78 Å². The highest BCUT2D eigenvalue weighted by molar-refractivity contribution is 6.31. The number of hydrogen-bond acceptors (Lipinski definition) is 5. The number of carbonyl (C=O) groups is 1. The van der Waals surface area contributed by atoms with Gasteiger partial charge in [0.05, 0.1) is 18.0 Å². The van der Waals surface area contributed by atoms with Gasteiger partial charge in [-0.2, -0.15) is 5.10 Å². The Morgan fingerprint density at radius 2 is 2.30 bits per heavy atom. The molecule has 0 radical (unpaired) electrons. The first-order chi connectivity index (χ1) is 11.1. The molecule has 2 aromatic rings. The van der Waals surface area contributed by atoms with E-state index in [1.165, 1.54) is 0 Å². The van der Waals surface area contributed by atoms with Crippen LogP contribution >= 0.6 is 11.6 Å². The number of ether oxygens (including phenoxy) is 1. The fourth-order valence-corrected chi connectivity index (χ4v) is 3.07. The lowest BCUT2D eigenvalue weighted by Gasteiger charge is -2.28. The van der Waals surface area contributed by atoms with Gasteiger partial charge < -0.3 is 4.74 Å². The lowest BCUT2D eigenvalue weighted by molar-refractivity contribution is 0.0518. The van der Waals surface area contributed by atoms with Gasteiger partial charge in [-0.05, 0) is 31.0 Å². The molecule has 0 saturated heterocycles. The van der Waals surface area contributed by atoms with Gasteiger partial charge in [0.25, 0.3) is 0 Å². The molecule has 0 amide bonds. The lowest BCUT2D eigenvalue weighted by Crippen LogP contribution is -2.31. The second-order valence-electron chi connectivity index (χ2n) is 5.58. The van der Waals surface area contributed by atoms with Crippen LogP contribution in [0.1, 0.15) is 34.4 Å². The monoisotopic (exact) mass is 334 g/mol. The van der Waals surface area contributed by atoms with E-state index in [9.17, 15) is 4.79 Å². The van der Waals surface area contributed by atoms with Crippen molar-refractivity contribution in [2.45, 2.75) is 26.4 Å². The van der Waals surface area contributed by atoms with E-state index in [4.69, 9.17) is 16.3 Å². The number of hydrogen-bond donors (Lipinski definition) is 0. The Morgan fingerprint density at radius 1 is 1.48 bits per heavy atom. The van der Waals surface area contributed by atoms with E-state index < -0.39 is 5.97 Å². The van der Waals surface area contributed by atoms with Crippen LogP contribution in [0, 0.1) is 0 Å². The number of aryl methyl sites for hydroxylation is 1. The minimum atomic E-state index is -0.431. The van der Waals surface area contributed by atoms with E-state index in [0.29, 0.717) is 18.2 Å². The van der Waals surface area contributed by atoms with Crippen molar-refractivity contribution in [1.29, 1.82) is 0 Å². The lowest BCUT2D eigenvalue weighted by atomic mass is 10.0. The summed E-state index contributed by atoms with van der Waals surface area (Å²) in [5, 5.41) is 5.00. The fraction of sp³-hybridized carbons (Fsp3) is 0.438. The summed E-state index contributed by atoms with van der Waals surface area (Å²) in [6.45, 7) is 4.39. The molecule has 3 heterocycles. The van der Waals surface area contributed by atoms with Gasteiger partial charge in [0.15, 0.2) is 0 Å². The maximum atomic E-state index is 11.9. The first-order valence-corrected chi connectivity index (χ1v) is 8.01. The summed E-state index contributed by atoms with van der Waals surface area (Å²) in [5.41, 5.74) is 3.17. The van der Waals surface area contributed by atoms with Crippen LogP contribution < -0.4 is 0 Å². The largest absolute Gasteiger partial charge is 0.461 e. The number of nitrogens with zero attached hydrogens (tertiary/aromatic N) is 4. The smallest absolute Gasteiger partial charge is 0.356 e. The van der Waals surface area contributed by atoms with Gasteiger partial charge in [-0.1, -0.05) is 11.6 Å². The van der Waals surface area contributed by atoms with Crippen LogP contribution in [0.15, 0.2) is 18.3 Å². The van der Waals surface area contributed by atoms with Gasteiger partial charge in [-0.3, -0.25) is 9.58 Å². The molecule has 0 saturated carbocycles. The van der Waals surface area contributed by atoms with Crippen LogP contribution in [-0.4, -0.2) is 38.8 Å². The first kappa shape index (κ1) is 16.0. The minimum absolute atomic E-state index is 0.273. The van der Waals surface area contributed by atoms with Crippen LogP contribution in [0.25, 0.3) is 0 Å². The summed E-state index contributed by atoms with van der Waals surface area (Å²) in [6.07, 6.45) is 2.75. The van der Waals surface area contributed by atoms with Crippen molar-refractivity contribution in [3.63, 3.8) is 0 Å². The number of pyridine rings is 1. The van der Waals surface area contributed by atoms with Gasteiger partial charge in [0.1, 0.15) is 5.69 Å². The molecule has 2 aromatic heterocycles. The van der Waals surface area contributed by atoms with Crippen LogP contribution in [0.3, 0.4) is 0 Å². The average molecular weight is 335 g/mol. The number of halogens is 1. The molecule has 0 fully saturated rings. The van der Waals surface area contributed by atoms with Gasteiger partial charge in [-0.15, -0.1) is 0 Å². The van der Waals surface area contributed by atoms with Gasteiger partial charge in [0.2, 0.25) is 0 Å². The van der Waals surface area contributed by atoms with E-state index in [0.717, 1.165) is 36.5 Å². The predicted octanol–water partition coefficient (Wildman–Crippen LogP) is 2.20. The maximum absolute atomic E-state index is 11.9. The zero-order valence-corrected chi connectivity index (χ0v) is 14.0. The van der Waals surface area contributed by atoms with Crippen LogP contribution in [0.2, 0.25) is 5.02 Å². The zero-order valence-electron chi connectivity index (χ0n) is 13.3. The second kappa shape index (κ2) is 6.68. The quantitative estimate of drug-likeness (QED) is 0.802. The van der Waals surface area contributed by atoms with Crippen LogP contribution in [-0.2, 0) is 31.3 Å². The number of fused-ring (bicyclic) bond motifs is 1.